The topological polar surface area (TPSA) is 70.7 Å². The molecule has 0 aromatic heterocycles. The smallest absolute Gasteiger partial charge is 0.320 e. The van der Waals surface area contributed by atoms with E-state index in [-0.39, 0.29) is 17.3 Å². The van der Waals surface area contributed by atoms with Crippen molar-refractivity contribution < 1.29 is 18.7 Å². The minimum atomic E-state index is -0.609. The van der Waals surface area contributed by atoms with Gasteiger partial charge in [0, 0.05) is 12.6 Å². The van der Waals surface area contributed by atoms with Crippen LogP contribution in [0.2, 0.25) is 0 Å². The second-order valence-corrected chi connectivity index (χ2v) is 5.87. The molecule has 1 aliphatic carbocycles. The van der Waals surface area contributed by atoms with Gasteiger partial charge in [-0.15, -0.1) is 0 Å². The highest BCUT2D eigenvalue weighted by Gasteiger charge is 2.38. The van der Waals surface area contributed by atoms with Gasteiger partial charge in [0.05, 0.1) is 7.11 Å². The zero-order chi connectivity index (χ0) is 16.4. The number of para-hydroxylation sites is 1. The molecule has 23 heavy (non-hydrogen) atoms. The molecule has 2 N–H and O–H groups in total. The highest BCUT2D eigenvalue weighted by atomic mass is 19.1. The number of nitrogens with zero attached hydrogens (tertiary/aromatic N) is 1. The molecule has 1 saturated carbocycles. The Morgan fingerprint density at radius 1 is 1.35 bits per heavy atom. The lowest BCUT2D eigenvalue weighted by atomic mass is 9.92. The number of hydrogen-bond acceptors (Lipinski definition) is 3. The zero-order valence-electron chi connectivity index (χ0n) is 13.0. The van der Waals surface area contributed by atoms with Crippen LogP contribution in [0, 0.1) is 5.82 Å². The van der Waals surface area contributed by atoms with Crippen molar-refractivity contribution in [2.24, 2.45) is 0 Å². The maximum Gasteiger partial charge on any atom is 0.320 e. The van der Waals surface area contributed by atoms with Crippen LogP contribution in [0.15, 0.2) is 18.2 Å². The molecule has 0 bridgehead atoms. The Hall–Kier alpha value is -2.31. The molecule has 1 heterocycles. The van der Waals surface area contributed by atoms with E-state index in [1.807, 2.05) is 4.90 Å². The minimum absolute atomic E-state index is 0.0335. The Morgan fingerprint density at radius 2 is 2.13 bits per heavy atom. The molecule has 3 amide bonds. The van der Waals surface area contributed by atoms with Crippen molar-refractivity contribution in [2.75, 3.05) is 19.0 Å². The van der Waals surface area contributed by atoms with Crippen LogP contribution in [0.25, 0.3) is 0 Å². The summed E-state index contributed by atoms with van der Waals surface area (Å²) in [6.45, 7) is 0.664. The number of amides is 3. The number of hydrogen-bond donors (Lipinski definition) is 2. The van der Waals surface area contributed by atoms with E-state index >= 15 is 0 Å². The summed E-state index contributed by atoms with van der Waals surface area (Å²) < 4.78 is 18.8. The molecule has 0 radical (unpaired) electrons. The lowest BCUT2D eigenvalue weighted by Gasteiger charge is -2.34. The van der Waals surface area contributed by atoms with E-state index in [2.05, 4.69) is 10.6 Å². The van der Waals surface area contributed by atoms with E-state index in [0.29, 0.717) is 19.0 Å². The molecule has 1 aliphatic heterocycles. The van der Waals surface area contributed by atoms with Gasteiger partial charge in [-0.3, -0.25) is 4.79 Å². The summed E-state index contributed by atoms with van der Waals surface area (Å²) >= 11 is 0. The predicted molar refractivity (Wildman–Crippen MR) is 82.9 cm³/mol. The number of carbonyl (C=O) groups excluding carboxylic acids is 2. The van der Waals surface area contributed by atoms with E-state index in [1.54, 1.807) is 6.07 Å². The van der Waals surface area contributed by atoms with E-state index in [9.17, 15) is 14.0 Å². The van der Waals surface area contributed by atoms with Crippen molar-refractivity contribution in [1.82, 2.24) is 10.2 Å². The Kier molecular flexibility index (Phi) is 4.36. The molecular formula is C16H20FN3O3. The molecule has 6 nitrogen and oxygen atoms in total. The van der Waals surface area contributed by atoms with Crippen molar-refractivity contribution in [3.8, 4) is 5.75 Å². The molecule has 3 rings (SSSR count). The third kappa shape index (κ3) is 3.09. The number of carbonyl (C=O) groups is 2. The minimum Gasteiger partial charge on any atom is -0.494 e. The number of methoxy groups -OCH3 is 1. The third-order valence-corrected chi connectivity index (χ3v) is 4.49. The molecule has 1 unspecified atom stereocenters. The standard InChI is InChI=1S/C16H20FN3O3/c1-23-13-7-3-6-11(17)14(13)19-16(22)18-12-8-9-20(15(12)21)10-4-2-5-10/h3,6-7,10,12H,2,4-5,8-9H2,1H3,(H2,18,19,22). The van der Waals surface area contributed by atoms with Crippen LogP contribution in [0.3, 0.4) is 0 Å². The van der Waals surface area contributed by atoms with Crippen LogP contribution in [0.4, 0.5) is 14.9 Å². The number of benzene rings is 1. The van der Waals surface area contributed by atoms with Crippen LogP contribution >= 0.6 is 0 Å². The maximum atomic E-state index is 13.8. The van der Waals surface area contributed by atoms with Gasteiger partial charge in [-0.05, 0) is 37.8 Å². The van der Waals surface area contributed by atoms with Crippen molar-refractivity contribution in [2.45, 2.75) is 37.8 Å². The quantitative estimate of drug-likeness (QED) is 0.892. The SMILES string of the molecule is COc1cccc(F)c1NC(=O)NC1CCN(C2CCC2)C1=O. The second-order valence-electron chi connectivity index (χ2n) is 5.87. The predicted octanol–water partition coefficient (Wildman–Crippen LogP) is 2.11. The van der Waals surface area contributed by atoms with E-state index in [4.69, 9.17) is 4.74 Å². The molecule has 1 aromatic rings. The first-order valence-electron chi connectivity index (χ1n) is 7.80. The van der Waals surface area contributed by atoms with E-state index < -0.39 is 17.9 Å². The molecule has 7 heteroatoms. The average molecular weight is 321 g/mol. The van der Waals surface area contributed by atoms with Gasteiger partial charge in [0.2, 0.25) is 5.91 Å². The highest BCUT2D eigenvalue weighted by molar-refractivity contribution is 5.95. The second kappa shape index (κ2) is 6.44. The number of anilines is 1. The first-order chi connectivity index (χ1) is 11.1. The Bertz CT molecular complexity index is 619. The number of halogens is 1. The van der Waals surface area contributed by atoms with E-state index in [1.165, 1.54) is 19.2 Å². The van der Waals surface area contributed by atoms with Gasteiger partial charge in [-0.2, -0.15) is 0 Å². The Balaban J connectivity index is 1.61. The molecule has 0 spiro atoms. The number of urea groups is 1. The van der Waals surface area contributed by atoms with Gasteiger partial charge in [0.15, 0.2) is 5.82 Å². The van der Waals surface area contributed by atoms with Crippen molar-refractivity contribution in [3.63, 3.8) is 0 Å². The van der Waals surface area contributed by atoms with Crippen LogP contribution < -0.4 is 15.4 Å². The molecule has 2 aliphatic rings. The highest BCUT2D eigenvalue weighted by Crippen LogP contribution is 2.29. The fourth-order valence-corrected chi connectivity index (χ4v) is 3.00. The van der Waals surface area contributed by atoms with Crippen LogP contribution in [0.5, 0.6) is 5.75 Å². The van der Waals surface area contributed by atoms with E-state index in [0.717, 1.165) is 19.3 Å². The molecule has 1 saturated heterocycles. The zero-order valence-corrected chi connectivity index (χ0v) is 13.0. The van der Waals surface area contributed by atoms with Gasteiger partial charge in [0.1, 0.15) is 17.5 Å². The maximum absolute atomic E-state index is 13.8. The van der Waals surface area contributed by atoms with Crippen LogP contribution in [0.1, 0.15) is 25.7 Å². The lowest BCUT2D eigenvalue weighted by molar-refractivity contribution is -0.132. The van der Waals surface area contributed by atoms with Gasteiger partial charge in [-0.25, -0.2) is 9.18 Å². The summed E-state index contributed by atoms with van der Waals surface area (Å²) in [5.41, 5.74) is -0.0335. The van der Waals surface area contributed by atoms with Gasteiger partial charge in [0.25, 0.3) is 0 Å². The molecule has 124 valence electrons. The van der Waals surface area contributed by atoms with Crippen molar-refractivity contribution in [3.05, 3.63) is 24.0 Å². The fourth-order valence-electron chi connectivity index (χ4n) is 3.00. The van der Waals surface area contributed by atoms with Crippen molar-refractivity contribution in [1.29, 1.82) is 0 Å². The Labute approximate surface area is 134 Å². The summed E-state index contributed by atoms with van der Waals surface area (Å²) in [4.78, 5) is 26.2. The summed E-state index contributed by atoms with van der Waals surface area (Å²) in [5, 5.41) is 5.05. The van der Waals surface area contributed by atoms with Gasteiger partial charge in [-0.1, -0.05) is 6.07 Å². The Morgan fingerprint density at radius 3 is 2.78 bits per heavy atom. The summed E-state index contributed by atoms with van der Waals surface area (Å²) in [5.74, 6) is -0.410. The lowest BCUT2D eigenvalue weighted by Crippen LogP contribution is -2.47. The van der Waals surface area contributed by atoms with Crippen LogP contribution in [-0.2, 0) is 4.79 Å². The monoisotopic (exact) mass is 321 g/mol. The number of likely N-dealkylation sites (tertiary alicyclic amines) is 1. The first-order valence-corrected chi connectivity index (χ1v) is 7.80. The largest absolute Gasteiger partial charge is 0.494 e. The van der Waals surface area contributed by atoms with Crippen LogP contribution in [-0.4, -0.2) is 42.6 Å². The summed E-state index contributed by atoms with van der Waals surface area (Å²) in [6, 6.07) is 3.45. The number of nitrogens with one attached hydrogen (secondary N) is 2. The van der Waals surface area contributed by atoms with Crippen molar-refractivity contribution >= 4 is 17.6 Å². The molecule has 2 fully saturated rings. The normalized spacial score (nSPS) is 21.0. The average Bonchev–Trinajstić information content (AvgIpc) is 2.81. The number of ether oxygens (including phenoxy) is 1. The third-order valence-electron chi connectivity index (χ3n) is 4.49. The van der Waals surface area contributed by atoms with Gasteiger partial charge < -0.3 is 20.3 Å². The van der Waals surface area contributed by atoms with Gasteiger partial charge >= 0.3 is 6.03 Å². The fraction of sp³-hybridized carbons (Fsp3) is 0.500. The first kappa shape index (κ1) is 15.6. The summed E-state index contributed by atoms with van der Waals surface area (Å²) in [7, 11) is 1.40. The molecular weight excluding hydrogens is 301 g/mol. The number of rotatable bonds is 4. The summed E-state index contributed by atoms with van der Waals surface area (Å²) in [6.07, 6.45) is 3.81. The molecule has 1 aromatic carbocycles. The molecule has 1 atom stereocenters.